The maximum atomic E-state index is 11.8. The zero-order valence-corrected chi connectivity index (χ0v) is 11.3. The van der Waals surface area contributed by atoms with Crippen LogP contribution in [0.5, 0.6) is 0 Å². The summed E-state index contributed by atoms with van der Waals surface area (Å²) in [4.78, 5) is 21.0. The van der Waals surface area contributed by atoms with E-state index < -0.39 is 17.7 Å². The van der Waals surface area contributed by atoms with Crippen molar-refractivity contribution in [3.8, 4) is 0 Å². The number of carbonyl (C=O) groups excluding carboxylic acids is 1. The van der Waals surface area contributed by atoms with E-state index in [0.29, 0.717) is 23.5 Å². The molecule has 9 nitrogen and oxygen atoms in total. The van der Waals surface area contributed by atoms with Crippen molar-refractivity contribution in [2.24, 2.45) is 11.1 Å². The van der Waals surface area contributed by atoms with Crippen molar-refractivity contribution in [1.29, 1.82) is 5.41 Å². The molecule has 9 heteroatoms. The minimum Gasteiger partial charge on any atom is -0.461 e. The number of hydrogen-bond donors (Lipinski definition) is 2. The molecule has 0 amide bonds. The van der Waals surface area contributed by atoms with E-state index in [0.717, 1.165) is 0 Å². The molecule has 0 spiro atoms. The molecule has 112 valence electrons. The van der Waals surface area contributed by atoms with Crippen molar-refractivity contribution in [3.05, 3.63) is 23.1 Å². The molecule has 1 aromatic rings. The lowest BCUT2D eigenvalue weighted by atomic mass is 9.99. The molecule has 2 aliphatic rings. The van der Waals surface area contributed by atoms with E-state index in [9.17, 15) is 10.0 Å². The monoisotopic (exact) mass is 294 g/mol. The Morgan fingerprint density at radius 2 is 2.48 bits per heavy atom. The molecule has 1 saturated heterocycles. The number of aromatic nitrogens is 2. The molecule has 2 N–H and O–H groups in total. The van der Waals surface area contributed by atoms with Crippen LogP contribution in [-0.2, 0) is 14.3 Å². The fourth-order valence-corrected chi connectivity index (χ4v) is 2.30. The first-order valence-electron chi connectivity index (χ1n) is 6.52. The van der Waals surface area contributed by atoms with Crippen LogP contribution in [0.25, 0.3) is 0 Å². The van der Waals surface area contributed by atoms with Crippen LogP contribution in [-0.4, -0.2) is 46.1 Å². The summed E-state index contributed by atoms with van der Waals surface area (Å²) in [5.41, 5.74) is 0.0262. The molecule has 1 fully saturated rings. The Labute approximate surface area is 119 Å². The van der Waals surface area contributed by atoms with Crippen LogP contribution in [0.1, 0.15) is 29.5 Å². The zero-order chi connectivity index (χ0) is 15.0. The molecule has 3 heterocycles. The van der Waals surface area contributed by atoms with Gasteiger partial charge in [0, 0.05) is 0 Å². The second-order valence-electron chi connectivity index (χ2n) is 4.60. The van der Waals surface area contributed by atoms with Gasteiger partial charge in [0.1, 0.15) is 11.4 Å². The number of hydrogen-bond acceptors (Lipinski definition) is 8. The quantitative estimate of drug-likeness (QED) is 0.592. The molecule has 2 unspecified atom stereocenters. The first-order chi connectivity index (χ1) is 10.1. The number of nitrogens with zero attached hydrogens (tertiary/aromatic N) is 3. The Hall–Kier alpha value is -2.42. The van der Waals surface area contributed by atoms with Gasteiger partial charge in [-0.1, -0.05) is 5.16 Å². The Bertz CT molecular complexity index is 668. The summed E-state index contributed by atoms with van der Waals surface area (Å²) in [5.74, 6) is -0.866. The van der Waals surface area contributed by atoms with E-state index >= 15 is 0 Å². The van der Waals surface area contributed by atoms with Gasteiger partial charge in [0.05, 0.1) is 25.3 Å². The normalized spacial score (nSPS) is 23.4. The lowest BCUT2D eigenvalue weighted by Crippen LogP contribution is -2.31. The number of carbonyl (C=O) groups is 1. The molecule has 1 aromatic heterocycles. The molecule has 0 radical (unpaired) electrons. The summed E-state index contributed by atoms with van der Waals surface area (Å²) < 4.78 is 10.7. The number of nitrogens with one attached hydrogen (secondary N) is 1. The summed E-state index contributed by atoms with van der Waals surface area (Å²) in [5, 5.41) is 21.3. The molecule has 21 heavy (non-hydrogen) atoms. The average molecular weight is 294 g/mol. The third kappa shape index (κ3) is 2.25. The summed E-state index contributed by atoms with van der Waals surface area (Å²) in [6, 6.07) is 0. The predicted molar refractivity (Wildman–Crippen MR) is 66.7 cm³/mol. The van der Waals surface area contributed by atoms with Crippen molar-refractivity contribution in [3.63, 3.8) is 0 Å². The van der Waals surface area contributed by atoms with Crippen LogP contribution < -0.4 is 5.49 Å². The molecule has 3 rings (SSSR count). The zero-order valence-electron chi connectivity index (χ0n) is 11.3. The maximum Gasteiger partial charge on any atom is 0.360 e. The number of rotatable bonds is 3. The van der Waals surface area contributed by atoms with Crippen molar-refractivity contribution in [2.45, 2.75) is 19.6 Å². The summed E-state index contributed by atoms with van der Waals surface area (Å²) in [7, 11) is 0. The smallest absolute Gasteiger partial charge is 0.360 e. The van der Waals surface area contributed by atoms with Crippen LogP contribution in [0.15, 0.2) is 11.4 Å². The average Bonchev–Trinajstić information content (AvgIpc) is 3.04. The minimum absolute atomic E-state index is 0.0934. The van der Waals surface area contributed by atoms with E-state index in [1.54, 1.807) is 6.92 Å². The highest BCUT2D eigenvalue weighted by atomic mass is 16.8. The van der Waals surface area contributed by atoms with E-state index in [1.807, 2.05) is 0 Å². The second kappa shape index (κ2) is 5.17. The van der Waals surface area contributed by atoms with Crippen LogP contribution in [0.4, 0.5) is 0 Å². The highest BCUT2D eigenvalue weighted by Gasteiger charge is 2.41. The number of ether oxygens (including phenoxy) is 2. The number of esters is 1. The van der Waals surface area contributed by atoms with E-state index in [-0.39, 0.29) is 23.9 Å². The fourth-order valence-electron chi connectivity index (χ4n) is 2.30. The Balaban J connectivity index is 2.00. The summed E-state index contributed by atoms with van der Waals surface area (Å²) >= 11 is 0. The third-order valence-corrected chi connectivity index (χ3v) is 3.31. The predicted octanol–water partition coefficient (Wildman–Crippen LogP) is -0.127. The standard InChI is InChI=1S/C12H14N4O5/c1-2-19-11(17)9-10(13)16(18)5-7(14-9)8-6-3-4-20-12(6)21-15-8/h5-6,12-13,18H,2-4H2,1H3. The van der Waals surface area contributed by atoms with Gasteiger partial charge in [0.15, 0.2) is 11.2 Å². The fraction of sp³-hybridized carbons (Fsp3) is 0.500. The van der Waals surface area contributed by atoms with Crippen LogP contribution in [0.2, 0.25) is 0 Å². The molecular formula is C12H14N4O5. The van der Waals surface area contributed by atoms with E-state index in [2.05, 4.69) is 10.1 Å². The first-order valence-corrected chi connectivity index (χ1v) is 6.52. The largest absolute Gasteiger partial charge is 0.461 e. The topological polar surface area (TPSA) is 119 Å². The van der Waals surface area contributed by atoms with Gasteiger partial charge in [0.2, 0.25) is 6.29 Å². The Kier molecular flexibility index (Phi) is 3.34. The van der Waals surface area contributed by atoms with Crippen molar-refractivity contribution in [1.82, 2.24) is 9.71 Å². The van der Waals surface area contributed by atoms with Gasteiger partial charge < -0.3 is 19.5 Å². The molecule has 0 aromatic carbocycles. The lowest BCUT2D eigenvalue weighted by Gasteiger charge is -2.09. The highest BCUT2D eigenvalue weighted by molar-refractivity contribution is 6.02. The minimum atomic E-state index is -0.772. The van der Waals surface area contributed by atoms with Crippen molar-refractivity contribution >= 4 is 11.7 Å². The lowest BCUT2D eigenvalue weighted by molar-refractivity contribution is -0.106. The van der Waals surface area contributed by atoms with Crippen LogP contribution in [0.3, 0.4) is 0 Å². The Morgan fingerprint density at radius 3 is 3.24 bits per heavy atom. The maximum absolute atomic E-state index is 11.8. The van der Waals surface area contributed by atoms with Gasteiger partial charge in [0.25, 0.3) is 0 Å². The van der Waals surface area contributed by atoms with Gasteiger partial charge in [-0.3, -0.25) is 5.41 Å². The summed E-state index contributed by atoms with van der Waals surface area (Å²) in [6.07, 6.45) is 1.48. The molecule has 2 atom stereocenters. The third-order valence-electron chi connectivity index (χ3n) is 3.31. The Morgan fingerprint density at radius 1 is 1.67 bits per heavy atom. The molecular weight excluding hydrogens is 280 g/mol. The van der Waals surface area contributed by atoms with Crippen LogP contribution >= 0.6 is 0 Å². The van der Waals surface area contributed by atoms with Crippen molar-refractivity contribution < 1.29 is 24.3 Å². The number of fused-ring (bicyclic) bond motifs is 1. The van der Waals surface area contributed by atoms with Gasteiger partial charge in [-0.05, 0) is 13.3 Å². The molecule has 0 aliphatic carbocycles. The first kappa shape index (κ1) is 13.6. The highest BCUT2D eigenvalue weighted by Crippen LogP contribution is 2.30. The molecule has 0 saturated carbocycles. The van der Waals surface area contributed by atoms with E-state index in [4.69, 9.17) is 19.7 Å². The number of oxime groups is 1. The second-order valence-corrected chi connectivity index (χ2v) is 4.60. The van der Waals surface area contributed by atoms with Crippen LogP contribution in [0, 0.1) is 11.3 Å². The van der Waals surface area contributed by atoms with Gasteiger partial charge in [-0.2, -0.15) is 4.73 Å². The van der Waals surface area contributed by atoms with Gasteiger partial charge in [-0.15, -0.1) is 0 Å². The summed E-state index contributed by atoms with van der Waals surface area (Å²) in [6.45, 7) is 2.35. The van der Waals surface area contributed by atoms with E-state index in [1.165, 1.54) is 6.20 Å². The molecule has 0 bridgehead atoms. The van der Waals surface area contributed by atoms with Gasteiger partial charge in [-0.25, -0.2) is 9.78 Å². The van der Waals surface area contributed by atoms with Crippen molar-refractivity contribution in [2.75, 3.05) is 13.2 Å². The SMILES string of the molecule is CCOC(=O)c1nc(C2=NOC3OCCC23)cn(O)c1=N. The van der Waals surface area contributed by atoms with Gasteiger partial charge >= 0.3 is 5.97 Å². The molecule has 2 aliphatic heterocycles.